The number of sulfonamides is 1. The number of hydrogen-bond acceptors (Lipinski definition) is 4. The Hall–Kier alpha value is -1.76. The molecule has 0 aliphatic heterocycles. The SMILES string of the molecule is CC(C)S(=O)(=O)N(C)c1ccc(N)cc1C(=O)O. The number of anilines is 2. The maximum Gasteiger partial charge on any atom is 0.337 e. The summed E-state index contributed by atoms with van der Waals surface area (Å²) in [5.74, 6) is -1.22. The standard InChI is InChI=1S/C11H16N2O4S/c1-7(2)18(16,17)13(3)10-5-4-8(12)6-9(10)11(14)15/h4-7H,12H2,1-3H3,(H,14,15). The maximum absolute atomic E-state index is 12.0. The molecule has 0 amide bonds. The second-order valence-electron chi connectivity index (χ2n) is 4.14. The van der Waals surface area contributed by atoms with E-state index in [1.165, 1.54) is 39.1 Å². The van der Waals surface area contributed by atoms with Crippen LogP contribution in [-0.4, -0.2) is 31.8 Å². The van der Waals surface area contributed by atoms with Crippen LogP contribution in [0.15, 0.2) is 18.2 Å². The maximum atomic E-state index is 12.0. The van der Waals surface area contributed by atoms with Crippen molar-refractivity contribution < 1.29 is 18.3 Å². The fourth-order valence-electron chi connectivity index (χ4n) is 1.45. The lowest BCUT2D eigenvalue weighted by atomic mass is 10.1. The van der Waals surface area contributed by atoms with E-state index in [0.29, 0.717) is 0 Å². The van der Waals surface area contributed by atoms with Crippen molar-refractivity contribution in [1.82, 2.24) is 0 Å². The van der Waals surface area contributed by atoms with Gasteiger partial charge in [0, 0.05) is 12.7 Å². The Bertz CT molecular complexity index is 566. The van der Waals surface area contributed by atoms with Gasteiger partial charge in [-0.3, -0.25) is 4.31 Å². The van der Waals surface area contributed by atoms with E-state index in [-0.39, 0.29) is 16.9 Å². The van der Waals surface area contributed by atoms with Gasteiger partial charge < -0.3 is 10.8 Å². The number of nitrogens with two attached hydrogens (primary N) is 1. The minimum atomic E-state index is -3.57. The number of benzene rings is 1. The van der Waals surface area contributed by atoms with Gasteiger partial charge in [0.2, 0.25) is 10.0 Å². The molecular weight excluding hydrogens is 256 g/mol. The summed E-state index contributed by atoms with van der Waals surface area (Å²) in [7, 11) is -2.24. The molecule has 3 N–H and O–H groups in total. The largest absolute Gasteiger partial charge is 0.478 e. The lowest BCUT2D eigenvalue weighted by Crippen LogP contribution is -2.34. The van der Waals surface area contributed by atoms with Crippen LogP contribution in [0.25, 0.3) is 0 Å². The highest BCUT2D eigenvalue weighted by atomic mass is 32.2. The molecule has 0 fully saturated rings. The molecule has 7 heteroatoms. The summed E-state index contributed by atoms with van der Waals surface area (Å²) in [5.41, 5.74) is 5.74. The molecule has 0 radical (unpaired) electrons. The molecule has 18 heavy (non-hydrogen) atoms. The Morgan fingerprint density at radius 1 is 1.39 bits per heavy atom. The van der Waals surface area contributed by atoms with Crippen LogP contribution in [0.3, 0.4) is 0 Å². The van der Waals surface area contributed by atoms with E-state index in [0.717, 1.165) is 4.31 Å². The van der Waals surface area contributed by atoms with Gasteiger partial charge in [-0.15, -0.1) is 0 Å². The number of carboxylic acid groups (broad SMARTS) is 1. The number of rotatable bonds is 4. The Balaban J connectivity index is 3.39. The Morgan fingerprint density at radius 2 is 1.94 bits per heavy atom. The van der Waals surface area contributed by atoms with Crippen molar-refractivity contribution in [3.8, 4) is 0 Å². The summed E-state index contributed by atoms with van der Waals surface area (Å²) in [6.07, 6.45) is 0. The molecule has 1 rings (SSSR count). The summed E-state index contributed by atoms with van der Waals surface area (Å²) >= 11 is 0. The Labute approximate surface area is 106 Å². The molecule has 0 spiro atoms. The van der Waals surface area contributed by atoms with Gasteiger partial charge in [0.05, 0.1) is 16.5 Å². The number of carbonyl (C=O) groups is 1. The van der Waals surface area contributed by atoms with Crippen LogP contribution in [0.5, 0.6) is 0 Å². The Kier molecular flexibility index (Phi) is 3.85. The zero-order valence-corrected chi connectivity index (χ0v) is 11.2. The zero-order chi connectivity index (χ0) is 14.1. The van der Waals surface area contributed by atoms with Gasteiger partial charge in [0.1, 0.15) is 0 Å². The van der Waals surface area contributed by atoms with Crippen molar-refractivity contribution in [2.24, 2.45) is 0 Å². The molecule has 0 aliphatic carbocycles. The summed E-state index contributed by atoms with van der Waals surface area (Å²) < 4.78 is 25.0. The monoisotopic (exact) mass is 272 g/mol. The third-order valence-corrected chi connectivity index (χ3v) is 4.72. The highest BCUT2D eigenvalue weighted by molar-refractivity contribution is 7.93. The van der Waals surface area contributed by atoms with Crippen molar-refractivity contribution in [2.45, 2.75) is 19.1 Å². The van der Waals surface area contributed by atoms with Crippen molar-refractivity contribution in [1.29, 1.82) is 0 Å². The van der Waals surface area contributed by atoms with Crippen LogP contribution >= 0.6 is 0 Å². The first-order chi connectivity index (χ1) is 8.17. The molecule has 100 valence electrons. The molecule has 0 unspecified atom stereocenters. The van der Waals surface area contributed by atoms with Crippen LogP contribution in [0.1, 0.15) is 24.2 Å². The predicted octanol–water partition coefficient (Wildman–Crippen LogP) is 1.14. The smallest absolute Gasteiger partial charge is 0.337 e. The molecule has 1 aromatic rings. The van der Waals surface area contributed by atoms with Gasteiger partial charge in [0.15, 0.2) is 0 Å². The number of nitrogens with zero attached hydrogens (tertiary/aromatic N) is 1. The van der Waals surface area contributed by atoms with E-state index in [4.69, 9.17) is 10.8 Å². The van der Waals surface area contributed by atoms with Crippen LogP contribution in [0.2, 0.25) is 0 Å². The van der Waals surface area contributed by atoms with Crippen molar-refractivity contribution in [2.75, 3.05) is 17.1 Å². The second-order valence-corrected chi connectivity index (χ2v) is 6.66. The first-order valence-electron chi connectivity index (χ1n) is 5.28. The number of nitrogen functional groups attached to an aromatic ring is 1. The molecule has 0 saturated heterocycles. The third-order valence-electron chi connectivity index (χ3n) is 2.57. The van der Waals surface area contributed by atoms with E-state index < -0.39 is 21.2 Å². The summed E-state index contributed by atoms with van der Waals surface area (Å²) in [6.45, 7) is 3.06. The molecule has 0 bridgehead atoms. The number of hydrogen-bond donors (Lipinski definition) is 2. The van der Waals surface area contributed by atoms with Crippen LogP contribution < -0.4 is 10.0 Å². The van der Waals surface area contributed by atoms with Gasteiger partial charge in [-0.1, -0.05) is 0 Å². The van der Waals surface area contributed by atoms with Crippen LogP contribution in [-0.2, 0) is 10.0 Å². The lowest BCUT2D eigenvalue weighted by Gasteiger charge is -2.23. The summed E-state index contributed by atoms with van der Waals surface area (Å²) in [4.78, 5) is 11.1. The van der Waals surface area contributed by atoms with Gasteiger partial charge in [-0.05, 0) is 32.0 Å². The zero-order valence-electron chi connectivity index (χ0n) is 10.4. The molecule has 0 aromatic heterocycles. The quantitative estimate of drug-likeness (QED) is 0.800. The third kappa shape index (κ3) is 2.56. The minimum absolute atomic E-state index is 0.102. The minimum Gasteiger partial charge on any atom is -0.478 e. The van der Waals surface area contributed by atoms with Crippen LogP contribution in [0, 0.1) is 0 Å². The molecule has 6 nitrogen and oxygen atoms in total. The molecule has 0 aliphatic rings. The fraction of sp³-hybridized carbons (Fsp3) is 0.364. The predicted molar refractivity (Wildman–Crippen MR) is 70.3 cm³/mol. The van der Waals surface area contributed by atoms with E-state index >= 15 is 0 Å². The van der Waals surface area contributed by atoms with Crippen molar-refractivity contribution in [3.05, 3.63) is 23.8 Å². The number of carboxylic acids is 1. The summed E-state index contributed by atoms with van der Waals surface area (Å²) in [6, 6.07) is 4.09. The molecule has 0 heterocycles. The summed E-state index contributed by atoms with van der Waals surface area (Å²) in [5, 5.41) is 8.43. The highest BCUT2D eigenvalue weighted by Crippen LogP contribution is 2.25. The normalized spacial score (nSPS) is 11.6. The van der Waals surface area contributed by atoms with Crippen molar-refractivity contribution in [3.63, 3.8) is 0 Å². The van der Waals surface area contributed by atoms with Gasteiger partial charge in [0.25, 0.3) is 0 Å². The van der Waals surface area contributed by atoms with Gasteiger partial charge in [-0.25, -0.2) is 13.2 Å². The molecular formula is C11H16N2O4S. The second kappa shape index (κ2) is 4.85. The first-order valence-corrected chi connectivity index (χ1v) is 6.78. The van der Waals surface area contributed by atoms with Crippen LogP contribution in [0.4, 0.5) is 11.4 Å². The van der Waals surface area contributed by atoms with Gasteiger partial charge >= 0.3 is 5.97 Å². The lowest BCUT2D eigenvalue weighted by molar-refractivity contribution is 0.0698. The molecule has 0 atom stereocenters. The average Bonchev–Trinajstić information content (AvgIpc) is 2.27. The highest BCUT2D eigenvalue weighted by Gasteiger charge is 2.26. The van der Waals surface area contributed by atoms with E-state index in [2.05, 4.69) is 0 Å². The fourth-order valence-corrected chi connectivity index (χ4v) is 2.52. The molecule has 0 saturated carbocycles. The van der Waals surface area contributed by atoms with Crippen molar-refractivity contribution >= 4 is 27.4 Å². The average molecular weight is 272 g/mol. The first kappa shape index (κ1) is 14.3. The van der Waals surface area contributed by atoms with Gasteiger partial charge in [-0.2, -0.15) is 0 Å². The van der Waals surface area contributed by atoms with E-state index in [9.17, 15) is 13.2 Å². The topological polar surface area (TPSA) is 101 Å². The van der Waals surface area contributed by atoms with E-state index in [1.807, 2.05) is 0 Å². The number of aromatic carboxylic acids is 1. The van der Waals surface area contributed by atoms with E-state index in [1.54, 1.807) is 0 Å². The Morgan fingerprint density at radius 3 is 2.39 bits per heavy atom. The molecule has 1 aromatic carbocycles.